The van der Waals surface area contributed by atoms with Crippen LogP contribution in [0.1, 0.15) is 11.1 Å². The van der Waals surface area contributed by atoms with Crippen molar-refractivity contribution >= 4 is 0 Å². The molecule has 0 aliphatic heterocycles. The minimum Gasteiger partial charge on any atom is -0.380 e. The van der Waals surface area contributed by atoms with Crippen LogP contribution in [-0.4, -0.2) is 7.11 Å². The topological polar surface area (TPSA) is 33.0 Å². The SMILES string of the molecule is COCc1cccc(CC#N)c1. The summed E-state index contributed by atoms with van der Waals surface area (Å²) in [6.45, 7) is 0.610. The van der Waals surface area contributed by atoms with Crippen LogP contribution >= 0.6 is 0 Å². The van der Waals surface area contributed by atoms with Crippen LogP contribution < -0.4 is 0 Å². The van der Waals surface area contributed by atoms with E-state index in [0.29, 0.717) is 13.0 Å². The standard InChI is InChI=1S/C10H11NO/c1-12-8-10-4-2-3-9(7-10)5-6-11/h2-4,7H,5,8H2,1H3. The molecule has 0 radical (unpaired) electrons. The van der Waals surface area contributed by atoms with E-state index >= 15 is 0 Å². The molecule has 62 valence electrons. The summed E-state index contributed by atoms with van der Waals surface area (Å²) in [5, 5.41) is 8.46. The van der Waals surface area contributed by atoms with Crippen LogP contribution in [-0.2, 0) is 17.8 Å². The lowest BCUT2D eigenvalue weighted by Gasteiger charge is -2.00. The minimum atomic E-state index is 0.470. The van der Waals surface area contributed by atoms with E-state index in [2.05, 4.69) is 6.07 Å². The van der Waals surface area contributed by atoms with Crippen molar-refractivity contribution in [1.82, 2.24) is 0 Å². The van der Waals surface area contributed by atoms with E-state index in [1.807, 2.05) is 24.3 Å². The molecule has 12 heavy (non-hydrogen) atoms. The molecular formula is C10H11NO. The van der Waals surface area contributed by atoms with Gasteiger partial charge < -0.3 is 4.74 Å². The molecule has 0 saturated carbocycles. The average Bonchev–Trinajstić information content (AvgIpc) is 2.06. The summed E-state index contributed by atoms with van der Waals surface area (Å²) in [6, 6.07) is 9.99. The first kappa shape index (κ1) is 8.76. The number of nitriles is 1. The van der Waals surface area contributed by atoms with Crippen molar-refractivity contribution in [2.75, 3.05) is 7.11 Å². The van der Waals surface area contributed by atoms with Crippen molar-refractivity contribution in [3.05, 3.63) is 35.4 Å². The summed E-state index contributed by atoms with van der Waals surface area (Å²) in [4.78, 5) is 0. The largest absolute Gasteiger partial charge is 0.380 e. The lowest BCUT2D eigenvalue weighted by atomic mass is 10.1. The van der Waals surface area contributed by atoms with Gasteiger partial charge in [0.05, 0.1) is 19.1 Å². The molecule has 0 aliphatic rings. The molecule has 2 nitrogen and oxygen atoms in total. The molecule has 0 aliphatic carbocycles. The van der Waals surface area contributed by atoms with E-state index < -0.39 is 0 Å². The van der Waals surface area contributed by atoms with Gasteiger partial charge in [-0.3, -0.25) is 0 Å². The zero-order valence-electron chi connectivity index (χ0n) is 7.08. The molecule has 0 amide bonds. The molecule has 1 aromatic rings. The monoisotopic (exact) mass is 161 g/mol. The van der Waals surface area contributed by atoms with E-state index in [4.69, 9.17) is 10.00 Å². The lowest BCUT2D eigenvalue weighted by molar-refractivity contribution is 0.185. The Kier molecular flexibility index (Phi) is 3.31. The minimum absolute atomic E-state index is 0.470. The van der Waals surface area contributed by atoms with E-state index in [0.717, 1.165) is 11.1 Å². The highest BCUT2D eigenvalue weighted by molar-refractivity contribution is 5.24. The van der Waals surface area contributed by atoms with Crippen LogP contribution in [0.2, 0.25) is 0 Å². The molecule has 0 N–H and O–H groups in total. The summed E-state index contributed by atoms with van der Waals surface area (Å²) in [5.41, 5.74) is 2.16. The molecule has 0 bridgehead atoms. The summed E-state index contributed by atoms with van der Waals surface area (Å²) >= 11 is 0. The number of hydrogen-bond acceptors (Lipinski definition) is 2. The fourth-order valence-electron chi connectivity index (χ4n) is 1.09. The second kappa shape index (κ2) is 4.53. The highest BCUT2D eigenvalue weighted by Crippen LogP contribution is 2.06. The maximum absolute atomic E-state index is 8.46. The van der Waals surface area contributed by atoms with Gasteiger partial charge in [-0.25, -0.2) is 0 Å². The van der Waals surface area contributed by atoms with Crippen LogP contribution in [0.15, 0.2) is 24.3 Å². The zero-order chi connectivity index (χ0) is 8.81. The Morgan fingerprint density at radius 3 is 2.83 bits per heavy atom. The average molecular weight is 161 g/mol. The molecule has 0 spiro atoms. The summed E-state index contributed by atoms with van der Waals surface area (Å²) < 4.78 is 4.98. The van der Waals surface area contributed by atoms with E-state index in [-0.39, 0.29) is 0 Å². The van der Waals surface area contributed by atoms with E-state index in [9.17, 15) is 0 Å². The number of methoxy groups -OCH3 is 1. The van der Waals surface area contributed by atoms with Crippen LogP contribution in [0.5, 0.6) is 0 Å². The van der Waals surface area contributed by atoms with Crippen molar-refractivity contribution in [3.8, 4) is 6.07 Å². The Labute approximate surface area is 72.4 Å². The third kappa shape index (κ3) is 2.37. The number of nitrogens with zero attached hydrogens (tertiary/aromatic N) is 1. The van der Waals surface area contributed by atoms with Crippen molar-refractivity contribution in [3.63, 3.8) is 0 Å². The van der Waals surface area contributed by atoms with E-state index in [1.165, 1.54) is 0 Å². The van der Waals surface area contributed by atoms with Gasteiger partial charge in [0.25, 0.3) is 0 Å². The van der Waals surface area contributed by atoms with Crippen molar-refractivity contribution < 1.29 is 4.74 Å². The second-order valence-corrected chi connectivity index (χ2v) is 2.59. The van der Waals surface area contributed by atoms with E-state index in [1.54, 1.807) is 7.11 Å². The third-order valence-electron chi connectivity index (χ3n) is 1.59. The van der Waals surface area contributed by atoms with Gasteiger partial charge in [0.2, 0.25) is 0 Å². The maximum Gasteiger partial charge on any atom is 0.0713 e. The highest BCUT2D eigenvalue weighted by Gasteiger charge is 1.94. The van der Waals surface area contributed by atoms with Crippen molar-refractivity contribution in [2.24, 2.45) is 0 Å². The highest BCUT2D eigenvalue weighted by atomic mass is 16.5. The Balaban J connectivity index is 2.75. The summed E-state index contributed by atoms with van der Waals surface area (Å²) in [7, 11) is 1.66. The normalized spacial score (nSPS) is 9.33. The van der Waals surface area contributed by atoms with Crippen LogP contribution in [0.4, 0.5) is 0 Å². The molecule has 0 saturated heterocycles. The second-order valence-electron chi connectivity index (χ2n) is 2.59. The summed E-state index contributed by atoms with van der Waals surface area (Å²) in [5.74, 6) is 0. The van der Waals surface area contributed by atoms with Crippen LogP contribution in [0.3, 0.4) is 0 Å². The fourth-order valence-corrected chi connectivity index (χ4v) is 1.09. The molecule has 1 rings (SSSR count). The van der Waals surface area contributed by atoms with Gasteiger partial charge in [-0.1, -0.05) is 24.3 Å². The molecule has 0 aromatic heterocycles. The lowest BCUT2D eigenvalue weighted by Crippen LogP contribution is -1.89. The maximum atomic E-state index is 8.46. The molecule has 2 heteroatoms. The molecule has 0 atom stereocenters. The van der Waals surface area contributed by atoms with Crippen LogP contribution in [0, 0.1) is 11.3 Å². The molecular weight excluding hydrogens is 150 g/mol. The number of rotatable bonds is 3. The Hall–Kier alpha value is -1.33. The predicted molar refractivity (Wildman–Crippen MR) is 46.5 cm³/mol. The van der Waals surface area contributed by atoms with Gasteiger partial charge in [0.15, 0.2) is 0 Å². The number of ether oxygens (including phenoxy) is 1. The number of benzene rings is 1. The number of hydrogen-bond donors (Lipinski definition) is 0. The Morgan fingerprint density at radius 1 is 1.42 bits per heavy atom. The van der Waals surface area contributed by atoms with Gasteiger partial charge in [0, 0.05) is 7.11 Å². The summed E-state index contributed by atoms with van der Waals surface area (Å²) in [6.07, 6.45) is 0.470. The first-order valence-electron chi connectivity index (χ1n) is 3.80. The van der Waals surface area contributed by atoms with Gasteiger partial charge in [-0.2, -0.15) is 5.26 Å². The van der Waals surface area contributed by atoms with Crippen molar-refractivity contribution in [2.45, 2.75) is 13.0 Å². The molecule has 0 unspecified atom stereocenters. The fraction of sp³-hybridized carbons (Fsp3) is 0.300. The Bertz CT molecular complexity index is 288. The quantitative estimate of drug-likeness (QED) is 0.678. The van der Waals surface area contributed by atoms with Gasteiger partial charge in [0.1, 0.15) is 0 Å². The smallest absolute Gasteiger partial charge is 0.0713 e. The van der Waals surface area contributed by atoms with Crippen molar-refractivity contribution in [1.29, 1.82) is 5.26 Å². The third-order valence-corrected chi connectivity index (χ3v) is 1.59. The van der Waals surface area contributed by atoms with Gasteiger partial charge >= 0.3 is 0 Å². The Morgan fingerprint density at radius 2 is 2.17 bits per heavy atom. The predicted octanol–water partition coefficient (Wildman–Crippen LogP) is 1.90. The van der Waals surface area contributed by atoms with Crippen LogP contribution in [0.25, 0.3) is 0 Å². The first-order valence-corrected chi connectivity index (χ1v) is 3.80. The molecule has 0 fully saturated rings. The van der Waals surface area contributed by atoms with Gasteiger partial charge in [-0.15, -0.1) is 0 Å². The molecule has 1 aromatic carbocycles. The molecule has 0 heterocycles. The zero-order valence-corrected chi connectivity index (χ0v) is 7.08. The first-order chi connectivity index (χ1) is 5.86. The van der Waals surface area contributed by atoms with Gasteiger partial charge in [-0.05, 0) is 11.1 Å².